The van der Waals surface area contributed by atoms with Gasteiger partial charge in [0.25, 0.3) is 0 Å². The van der Waals surface area contributed by atoms with E-state index in [1.165, 1.54) is 0 Å². The third-order valence-electron chi connectivity index (χ3n) is 4.51. The van der Waals surface area contributed by atoms with Gasteiger partial charge in [-0.3, -0.25) is 9.97 Å². The zero-order chi connectivity index (χ0) is 17.9. The number of piperazine rings is 1. The Hall–Kier alpha value is -3.09. The Kier molecular flexibility index (Phi) is 4.43. The lowest BCUT2D eigenvalue weighted by Crippen LogP contribution is -2.47. The van der Waals surface area contributed by atoms with Gasteiger partial charge in [0.2, 0.25) is 5.95 Å². The zero-order valence-corrected chi connectivity index (χ0v) is 15.0. The molecular weight excluding hydrogens is 326 g/mol. The second kappa shape index (κ2) is 7.03. The van der Waals surface area contributed by atoms with E-state index in [0.717, 1.165) is 60.6 Å². The number of anilines is 2. The fourth-order valence-corrected chi connectivity index (χ4v) is 3.12. The van der Waals surface area contributed by atoms with Crippen molar-refractivity contribution in [3.63, 3.8) is 0 Å². The van der Waals surface area contributed by atoms with Gasteiger partial charge in [0.15, 0.2) is 0 Å². The van der Waals surface area contributed by atoms with Crippen molar-refractivity contribution >= 4 is 11.8 Å². The highest BCUT2D eigenvalue weighted by Crippen LogP contribution is 2.21. The first kappa shape index (κ1) is 16.4. The van der Waals surface area contributed by atoms with E-state index in [9.17, 15) is 0 Å². The normalized spacial score (nSPS) is 14.5. The van der Waals surface area contributed by atoms with Crippen molar-refractivity contribution in [2.45, 2.75) is 13.8 Å². The summed E-state index contributed by atoms with van der Waals surface area (Å²) < 4.78 is 0. The van der Waals surface area contributed by atoms with Crippen molar-refractivity contribution in [3.05, 3.63) is 54.4 Å². The molecule has 0 radical (unpaired) electrons. The molecule has 0 unspecified atom stereocenters. The van der Waals surface area contributed by atoms with Crippen LogP contribution in [-0.4, -0.2) is 51.1 Å². The summed E-state index contributed by atoms with van der Waals surface area (Å²) in [4.78, 5) is 26.9. The second-order valence-electron chi connectivity index (χ2n) is 6.38. The van der Waals surface area contributed by atoms with E-state index < -0.39 is 0 Å². The van der Waals surface area contributed by atoms with Gasteiger partial charge in [-0.25, -0.2) is 15.0 Å². The van der Waals surface area contributed by atoms with Gasteiger partial charge in [0.05, 0.1) is 17.1 Å². The quantitative estimate of drug-likeness (QED) is 0.720. The fourth-order valence-electron chi connectivity index (χ4n) is 3.12. The van der Waals surface area contributed by atoms with Gasteiger partial charge >= 0.3 is 0 Å². The van der Waals surface area contributed by atoms with Gasteiger partial charge in [0.1, 0.15) is 5.82 Å². The van der Waals surface area contributed by atoms with E-state index in [4.69, 9.17) is 4.98 Å². The van der Waals surface area contributed by atoms with E-state index in [2.05, 4.69) is 29.7 Å². The van der Waals surface area contributed by atoms with Crippen LogP contribution in [0.2, 0.25) is 0 Å². The van der Waals surface area contributed by atoms with E-state index in [0.29, 0.717) is 0 Å². The summed E-state index contributed by atoms with van der Waals surface area (Å²) in [6.07, 6.45) is 7.21. The highest BCUT2D eigenvalue weighted by atomic mass is 15.3. The Morgan fingerprint density at radius 1 is 0.846 bits per heavy atom. The van der Waals surface area contributed by atoms with Gasteiger partial charge in [0, 0.05) is 56.5 Å². The molecule has 0 aromatic carbocycles. The molecule has 1 saturated heterocycles. The SMILES string of the molecule is Cc1cnc(C)c(N2CCN(c3nccc(-c4cccnc4)n3)CC2)n1. The number of hydrogen-bond acceptors (Lipinski definition) is 7. The molecule has 4 rings (SSSR count). The topological polar surface area (TPSA) is 70.9 Å². The summed E-state index contributed by atoms with van der Waals surface area (Å²) in [5.41, 5.74) is 3.81. The lowest BCUT2D eigenvalue weighted by atomic mass is 10.2. The van der Waals surface area contributed by atoms with Crippen LogP contribution >= 0.6 is 0 Å². The van der Waals surface area contributed by atoms with Crippen LogP contribution in [0.25, 0.3) is 11.3 Å². The Morgan fingerprint density at radius 2 is 1.65 bits per heavy atom. The van der Waals surface area contributed by atoms with Crippen LogP contribution in [0.5, 0.6) is 0 Å². The van der Waals surface area contributed by atoms with Crippen molar-refractivity contribution in [1.82, 2.24) is 24.9 Å². The molecule has 0 bridgehead atoms. The molecule has 7 nitrogen and oxygen atoms in total. The highest BCUT2D eigenvalue weighted by molar-refractivity contribution is 5.59. The molecule has 0 spiro atoms. The number of nitrogens with zero attached hydrogens (tertiary/aromatic N) is 7. The van der Waals surface area contributed by atoms with Crippen LogP contribution in [0.3, 0.4) is 0 Å². The third-order valence-corrected chi connectivity index (χ3v) is 4.51. The predicted octanol–water partition coefficient (Wildman–Crippen LogP) is 2.27. The van der Waals surface area contributed by atoms with Gasteiger partial charge in [-0.15, -0.1) is 0 Å². The standard InChI is InChI=1S/C19H21N7/c1-14-12-22-15(2)18(23-14)25-8-10-26(11-9-25)19-21-7-5-17(24-19)16-4-3-6-20-13-16/h3-7,12-13H,8-11H2,1-2H3. The van der Waals surface area contributed by atoms with Crippen LogP contribution in [0.1, 0.15) is 11.4 Å². The Morgan fingerprint density at radius 3 is 2.42 bits per heavy atom. The van der Waals surface area contributed by atoms with Gasteiger partial charge in [-0.2, -0.15) is 0 Å². The Labute approximate surface area is 152 Å². The second-order valence-corrected chi connectivity index (χ2v) is 6.38. The summed E-state index contributed by atoms with van der Waals surface area (Å²) in [6.45, 7) is 7.44. The van der Waals surface area contributed by atoms with E-state index in [1.807, 2.05) is 50.6 Å². The molecular formula is C19H21N7. The third kappa shape index (κ3) is 3.33. The molecule has 1 aliphatic heterocycles. The first-order chi connectivity index (χ1) is 12.7. The van der Waals surface area contributed by atoms with Crippen molar-refractivity contribution in [3.8, 4) is 11.3 Å². The van der Waals surface area contributed by atoms with Crippen molar-refractivity contribution in [1.29, 1.82) is 0 Å². The fraction of sp³-hybridized carbons (Fsp3) is 0.316. The van der Waals surface area contributed by atoms with E-state index in [1.54, 1.807) is 6.20 Å². The average molecular weight is 347 g/mol. The zero-order valence-electron chi connectivity index (χ0n) is 15.0. The van der Waals surface area contributed by atoms with Crippen LogP contribution in [0.15, 0.2) is 43.0 Å². The molecule has 3 aromatic heterocycles. The number of aryl methyl sites for hydroxylation is 2. The maximum Gasteiger partial charge on any atom is 0.225 e. The number of hydrogen-bond donors (Lipinski definition) is 0. The molecule has 132 valence electrons. The molecule has 0 amide bonds. The minimum absolute atomic E-state index is 0.762. The van der Waals surface area contributed by atoms with Crippen molar-refractivity contribution in [2.75, 3.05) is 36.0 Å². The molecule has 7 heteroatoms. The van der Waals surface area contributed by atoms with Crippen LogP contribution < -0.4 is 9.80 Å². The molecule has 0 saturated carbocycles. The minimum atomic E-state index is 0.762. The molecule has 0 atom stereocenters. The van der Waals surface area contributed by atoms with Crippen molar-refractivity contribution in [2.24, 2.45) is 0 Å². The van der Waals surface area contributed by atoms with Crippen molar-refractivity contribution < 1.29 is 0 Å². The minimum Gasteiger partial charge on any atom is -0.352 e. The molecule has 0 aliphatic carbocycles. The molecule has 3 aromatic rings. The number of rotatable bonds is 3. The lowest BCUT2D eigenvalue weighted by Gasteiger charge is -2.35. The molecule has 0 N–H and O–H groups in total. The smallest absolute Gasteiger partial charge is 0.225 e. The monoisotopic (exact) mass is 347 g/mol. The average Bonchev–Trinajstić information content (AvgIpc) is 2.71. The van der Waals surface area contributed by atoms with Crippen LogP contribution in [-0.2, 0) is 0 Å². The maximum atomic E-state index is 4.72. The predicted molar refractivity (Wildman–Crippen MR) is 101 cm³/mol. The molecule has 1 fully saturated rings. The first-order valence-electron chi connectivity index (χ1n) is 8.74. The maximum absolute atomic E-state index is 4.72. The Balaban J connectivity index is 1.49. The van der Waals surface area contributed by atoms with Crippen LogP contribution in [0.4, 0.5) is 11.8 Å². The first-order valence-corrected chi connectivity index (χ1v) is 8.74. The molecule has 26 heavy (non-hydrogen) atoms. The Bertz CT molecular complexity index is 889. The number of pyridine rings is 1. The summed E-state index contributed by atoms with van der Waals surface area (Å²) in [5, 5.41) is 0. The lowest BCUT2D eigenvalue weighted by molar-refractivity contribution is 0.631. The molecule has 1 aliphatic rings. The van der Waals surface area contributed by atoms with Crippen LogP contribution in [0, 0.1) is 13.8 Å². The van der Waals surface area contributed by atoms with Gasteiger partial charge < -0.3 is 9.80 Å². The van der Waals surface area contributed by atoms with Gasteiger partial charge in [-0.1, -0.05) is 0 Å². The summed E-state index contributed by atoms with van der Waals surface area (Å²) in [7, 11) is 0. The summed E-state index contributed by atoms with van der Waals surface area (Å²) in [5.74, 6) is 1.74. The van der Waals surface area contributed by atoms with E-state index >= 15 is 0 Å². The molecule has 4 heterocycles. The summed E-state index contributed by atoms with van der Waals surface area (Å²) >= 11 is 0. The summed E-state index contributed by atoms with van der Waals surface area (Å²) in [6, 6.07) is 5.85. The number of aromatic nitrogens is 5. The van der Waals surface area contributed by atoms with Gasteiger partial charge in [-0.05, 0) is 32.0 Å². The highest BCUT2D eigenvalue weighted by Gasteiger charge is 2.21. The van der Waals surface area contributed by atoms with E-state index in [-0.39, 0.29) is 0 Å². The largest absolute Gasteiger partial charge is 0.352 e.